The van der Waals surface area contributed by atoms with Gasteiger partial charge < -0.3 is 5.73 Å². The van der Waals surface area contributed by atoms with Gasteiger partial charge in [-0.25, -0.2) is 0 Å². The normalized spacial score (nSPS) is 17.2. The van der Waals surface area contributed by atoms with Crippen molar-refractivity contribution in [1.82, 2.24) is 4.90 Å². The van der Waals surface area contributed by atoms with Gasteiger partial charge in [0.2, 0.25) is 0 Å². The number of hydrogen-bond acceptors (Lipinski definition) is 2. The zero-order valence-corrected chi connectivity index (χ0v) is 9.63. The molecular weight excluding hydrogens is 208 g/mol. The van der Waals surface area contributed by atoms with Crippen molar-refractivity contribution in [3.05, 3.63) is 34.3 Å². The molecule has 2 N–H and O–H groups in total. The summed E-state index contributed by atoms with van der Waals surface area (Å²) >= 11 is 6.20. The highest BCUT2D eigenvalue weighted by molar-refractivity contribution is 6.31. The summed E-state index contributed by atoms with van der Waals surface area (Å²) in [5, 5.41) is 0.852. The van der Waals surface area contributed by atoms with Crippen LogP contribution in [0.5, 0.6) is 0 Å². The van der Waals surface area contributed by atoms with Crippen molar-refractivity contribution in [1.29, 1.82) is 0 Å². The molecule has 2 nitrogen and oxygen atoms in total. The van der Waals surface area contributed by atoms with Crippen LogP contribution in [-0.2, 0) is 13.1 Å². The lowest BCUT2D eigenvalue weighted by Crippen LogP contribution is -2.20. The molecule has 0 saturated carbocycles. The van der Waals surface area contributed by atoms with Crippen LogP contribution in [0.15, 0.2) is 18.2 Å². The van der Waals surface area contributed by atoms with Crippen molar-refractivity contribution in [2.45, 2.75) is 25.9 Å². The lowest BCUT2D eigenvalue weighted by atomic mass is 10.1. The Morgan fingerprint density at radius 1 is 1.27 bits per heavy atom. The number of rotatable bonds is 3. The van der Waals surface area contributed by atoms with Gasteiger partial charge in [-0.2, -0.15) is 0 Å². The Hall–Kier alpha value is -0.570. The number of benzene rings is 1. The second-order valence-corrected chi connectivity index (χ2v) is 4.47. The number of nitrogens with zero attached hydrogens (tertiary/aromatic N) is 1. The SMILES string of the molecule is NCc1cccc(Cl)c1CN1CCCC1. The molecule has 0 atom stereocenters. The molecule has 0 aromatic heterocycles. The Balaban J connectivity index is 2.17. The van der Waals surface area contributed by atoms with E-state index in [4.69, 9.17) is 17.3 Å². The number of likely N-dealkylation sites (tertiary alicyclic amines) is 1. The standard InChI is InChI=1S/C12H17ClN2/c13-12-5-3-4-10(8-14)11(12)9-15-6-1-2-7-15/h3-5H,1-2,6-9,14H2. The molecule has 1 saturated heterocycles. The minimum Gasteiger partial charge on any atom is -0.326 e. The van der Waals surface area contributed by atoms with Gasteiger partial charge >= 0.3 is 0 Å². The third-order valence-electron chi connectivity index (χ3n) is 3.02. The molecular formula is C12H17ClN2. The third kappa shape index (κ3) is 2.51. The van der Waals surface area contributed by atoms with E-state index in [1.54, 1.807) is 0 Å². The van der Waals surface area contributed by atoms with Crippen molar-refractivity contribution in [2.75, 3.05) is 13.1 Å². The van der Waals surface area contributed by atoms with E-state index >= 15 is 0 Å². The second kappa shape index (κ2) is 4.97. The zero-order valence-electron chi connectivity index (χ0n) is 8.88. The molecule has 1 aromatic carbocycles. The summed E-state index contributed by atoms with van der Waals surface area (Å²) in [7, 11) is 0. The fourth-order valence-corrected chi connectivity index (χ4v) is 2.39. The molecule has 15 heavy (non-hydrogen) atoms. The Morgan fingerprint density at radius 3 is 2.67 bits per heavy atom. The number of hydrogen-bond donors (Lipinski definition) is 1. The Labute approximate surface area is 96.0 Å². The van der Waals surface area contributed by atoms with E-state index in [-0.39, 0.29) is 0 Å². The van der Waals surface area contributed by atoms with Crippen LogP contribution < -0.4 is 5.73 Å². The molecule has 0 aliphatic carbocycles. The van der Waals surface area contributed by atoms with Gasteiger partial charge in [-0.1, -0.05) is 23.7 Å². The summed E-state index contributed by atoms with van der Waals surface area (Å²) in [5.74, 6) is 0. The molecule has 1 heterocycles. The predicted molar refractivity (Wildman–Crippen MR) is 63.9 cm³/mol. The quantitative estimate of drug-likeness (QED) is 0.855. The van der Waals surface area contributed by atoms with Crippen LogP contribution in [0.4, 0.5) is 0 Å². The van der Waals surface area contributed by atoms with Crippen LogP contribution in [0.1, 0.15) is 24.0 Å². The van der Waals surface area contributed by atoms with E-state index in [9.17, 15) is 0 Å². The molecule has 3 heteroatoms. The minimum atomic E-state index is 0.573. The third-order valence-corrected chi connectivity index (χ3v) is 3.37. The molecule has 1 fully saturated rings. The highest BCUT2D eigenvalue weighted by Gasteiger charge is 2.15. The van der Waals surface area contributed by atoms with Crippen molar-refractivity contribution in [3.8, 4) is 0 Å². The summed E-state index contributed by atoms with van der Waals surface area (Å²) < 4.78 is 0. The number of halogens is 1. The molecule has 1 aromatic rings. The van der Waals surface area contributed by atoms with Gasteiger partial charge in [0.15, 0.2) is 0 Å². The van der Waals surface area contributed by atoms with Crippen LogP contribution in [-0.4, -0.2) is 18.0 Å². The summed E-state index contributed by atoms with van der Waals surface area (Å²) in [6, 6.07) is 5.99. The van der Waals surface area contributed by atoms with Gasteiger partial charge in [-0.05, 0) is 43.1 Å². The maximum absolute atomic E-state index is 6.20. The average Bonchev–Trinajstić information content (AvgIpc) is 2.74. The Kier molecular flexibility index (Phi) is 3.62. The second-order valence-electron chi connectivity index (χ2n) is 4.06. The van der Waals surface area contributed by atoms with E-state index in [0.717, 1.165) is 11.6 Å². The van der Waals surface area contributed by atoms with E-state index in [2.05, 4.69) is 11.0 Å². The average molecular weight is 225 g/mol. The summed E-state index contributed by atoms with van der Waals surface area (Å²) in [4.78, 5) is 2.44. The van der Waals surface area contributed by atoms with Gasteiger partial charge in [0, 0.05) is 18.1 Å². The van der Waals surface area contributed by atoms with Gasteiger partial charge in [-0.3, -0.25) is 4.90 Å². The van der Waals surface area contributed by atoms with Crippen molar-refractivity contribution in [3.63, 3.8) is 0 Å². The van der Waals surface area contributed by atoms with Crippen LogP contribution in [0.25, 0.3) is 0 Å². The highest BCUT2D eigenvalue weighted by atomic mass is 35.5. The molecule has 0 amide bonds. The first-order valence-electron chi connectivity index (χ1n) is 5.50. The molecule has 0 unspecified atom stereocenters. The number of nitrogens with two attached hydrogens (primary N) is 1. The first-order chi connectivity index (χ1) is 7.31. The molecule has 1 aliphatic rings. The summed E-state index contributed by atoms with van der Waals surface area (Å²) in [5.41, 5.74) is 8.10. The largest absolute Gasteiger partial charge is 0.326 e. The summed E-state index contributed by atoms with van der Waals surface area (Å²) in [6.45, 7) is 3.90. The lowest BCUT2D eigenvalue weighted by molar-refractivity contribution is 0.330. The van der Waals surface area contributed by atoms with Gasteiger partial charge in [0.05, 0.1) is 0 Å². The van der Waals surface area contributed by atoms with E-state index in [1.165, 1.54) is 37.1 Å². The van der Waals surface area contributed by atoms with Gasteiger partial charge in [0.25, 0.3) is 0 Å². The fourth-order valence-electron chi connectivity index (χ4n) is 2.14. The summed E-state index contributed by atoms with van der Waals surface area (Å²) in [6.07, 6.45) is 2.62. The van der Waals surface area contributed by atoms with Crippen LogP contribution in [0.3, 0.4) is 0 Å². The first kappa shape index (κ1) is 10.9. The van der Waals surface area contributed by atoms with Crippen LogP contribution >= 0.6 is 11.6 Å². The zero-order chi connectivity index (χ0) is 10.7. The predicted octanol–water partition coefficient (Wildman–Crippen LogP) is 2.39. The van der Waals surface area contributed by atoms with Gasteiger partial charge in [-0.15, -0.1) is 0 Å². The van der Waals surface area contributed by atoms with E-state index < -0.39 is 0 Å². The van der Waals surface area contributed by atoms with E-state index in [0.29, 0.717) is 6.54 Å². The smallest absolute Gasteiger partial charge is 0.0454 e. The maximum atomic E-state index is 6.20. The first-order valence-corrected chi connectivity index (χ1v) is 5.88. The fraction of sp³-hybridized carbons (Fsp3) is 0.500. The molecule has 82 valence electrons. The monoisotopic (exact) mass is 224 g/mol. The Morgan fingerprint density at radius 2 is 2.00 bits per heavy atom. The van der Waals surface area contributed by atoms with Crippen LogP contribution in [0.2, 0.25) is 5.02 Å². The molecule has 0 radical (unpaired) electrons. The van der Waals surface area contributed by atoms with E-state index in [1.807, 2.05) is 12.1 Å². The molecule has 0 bridgehead atoms. The van der Waals surface area contributed by atoms with Crippen molar-refractivity contribution < 1.29 is 0 Å². The highest BCUT2D eigenvalue weighted by Crippen LogP contribution is 2.23. The minimum absolute atomic E-state index is 0.573. The molecule has 0 spiro atoms. The van der Waals surface area contributed by atoms with Crippen molar-refractivity contribution in [2.24, 2.45) is 5.73 Å². The van der Waals surface area contributed by atoms with Crippen molar-refractivity contribution >= 4 is 11.6 Å². The molecule has 2 rings (SSSR count). The lowest BCUT2D eigenvalue weighted by Gasteiger charge is -2.18. The maximum Gasteiger partial charge on any atom is 0.0454 e. The molecule has 1 aliphatic heterocycles. The van der Waals surface area contributed by atoms with Gasteiger partial charge in [0.1, 0.15) is 0 Å². The Bertz CT molecular complexity index is 332. The van der Waals surface area contributed by atoms with Crippen LogP contribution in [0, 0.1) is 0 Å². The topological polar surface area (TPSA) is 29.3 Å².